The molecule has 6 nitrogen and oxygen atoms in total. The van der Waals surface area contributed by atoms with Gasteiger partial charge in [0.05, 0.1) is 0 Å². The van der Waals surface area contributed by atoms with Crippen LogP contribution in [0.4, 0.5) is 0 Å². The summed E-state index contributed by atoms with van der Waals surface area (Å²) in [7, 11) is 0. The Morgan fingerprint density at radius 1 is 0.373 bits per heavy atom. The number of esters is 3. The van der Waals surface area contributed by atoms with Gasteiger partial charge in [-0.1, -0.05) is 202 Å². The van der Waals surface area contributed by atoms with Crippen LogP contribution in [0.15, 0.2) is 0 Å². The smallest absolute Gasteiger partial charge is 0.306 e. The van der Waals surface area contributed by atoms with Crippen molar-refractivity contribution < 1.29 is 28.6 Å². The van der Waals surface area contributed by atoms with Gasteiger partial charge >= 0.3 is 17.9 Å². The second-order valence-electron chi connectivity index (χ2n) is 16.3. The van der Waals surface area contributed by atoms with Crippen molar-refractivity contribution in [2.24, 2.45) is 11.8 Å². The van der Waals surface area contributed by atoms with E-state index < -0.39 is 6.10 Å². The zero-order chi connectivity index (χ0) is 37.6. The first-order valence-corrected chi connectivity index (χ1v) is 22.2. The van der Waals surface area contributed by atoms with Crippen molar-refractivity contribution in [3.63, 3.8) is 0 Å². The summed E-state index contributed by atoms with van der Waals surface area (Å²) in [5.41, 5.74) is 0. The van der Waals surface area contributed by atoms with Crippen LogP contribution in [0.25, 0.3) is 0 Å². The molecule has 1 atom stereocenters. The normalized spacial score (nSPS) is 12.1. The molecule has 0 aromatic heterocycles. The minimum Gasteiger partial charge on any atom is -0.462 e. The lowest BCUT2D eigenvalue weighted by molar-refractivity contribution is -0.167. The molecule has 302 valence electrons. The van der Waals surface area contributed by atoms with Crippen LogP contribution in [-0.2, 0) is 28.6 Å². The fourth-order valence-corrected chi connectivity index (χ4v) is 6.58. The molecule has 0 radical (unpaired) electrons. The van der Waals surface area contributed by atoms with Gasteiger partial charge in [0, 0.05) is 19.3 Å². The van der Waals surface area contributed by atoms with E-state index in [4.69, 9.17) is 14.2 Å². The van der Waals surface area contributed by atoms with E-state index in [0.717, 1.165) is 69.6 Å². The van der Waals surface area contributed by atoms with Crippen LogP contribution in [0.5, 0.6) is 0 Å². The average molecular weight is 723 g/mol. The lowest BCUT2D eigenvalue weighted by atomic mass is 10.0. The van der Waals surface area contributed by atoms with Crippen LogP contribution in [0.1, 0.15) is 240 Å². The molecule has 0 aliphatic heterocycles. The summed E-state index contributed by atoms with van der Waals surface area (Å²) < 4.78 is 16.6. The lowest BCUT2D eigenvalue weighted by Gasteiger charge is -2.18. The minimum absolute atomic E-state index is 0.0657. The number of ether oxygens (including phenoxy) is 3. The Labute approximate surface area is 317 Å². The van der Waals surface area contributed by atoms with Gasteiger partial charge in [-0.3, -0.25) is 14.4 Å². The molecule has 0 aliphatic rings. The Morgan fingerprint density at radius 3 is 0.961 bits per heavy atom. The Bertz CT molecular complexity index is 779. The highest BCUT2D eigenvalue weighted by Crippen LogP contribution is 2.16. The standard InChI is InChI=1S/C45H86O6/c1-6-7-8-9-18-27-32-37-45(48)51-42(39-50-44(47)36-31-26-22-17-13-15-20-24-29-34-41(4)5)38-49-43(46)35-30-25-21-16-12-10-11-14-19-23-28-33-40(2)3/h40-42H,6-39H2,1-5H3/t42-/m1/s1. The van der Waals surface area contributed by atoms with Gasteiger partial charge in [-0.25, -0.2) is 0 Å². The van der Waals surface area contributed by atoms with E-state index in [2.05, 4.69) is 34.6 Å². The van der Waals surface area contributed by atoms with E-state index in [-0.39, 0.29) is 31.1 Å². The highest BCUT2D eigenvalue weighted by Gasteiger charge is 2.19. The monoisotopic (exact) mass is 723 g/mol. The number of hydrogen-bond donors (Lipinski definition) is 0. The quantitative estimate of drug-likeness (QED) is 0.0357. The molecule has 0 saturated heterocycles. The predicted molar refractivity (Wildman–Crippen MR) is 215 cm³/mol. The van der Waals surface area contributed by atoms with Crippen LogP contribution < -0.4 is 0 Å². The van der Waals surface area contributed by atoms with E-state index in [9.17, 15) is 14.4 Å². The molecule has 0 rings (SSSR count). The second kappa shape index (κ2) is 38.1. The summed E-state index contributed by atoms with van der Waals surface area (Å²) in [6.07, 6.45) is 35.3. The molecule has 51 heavy (non-hydrogen) atoms. The summed E-state index contributed by atoms with van der Waals surface area (Å²) in [5.74, 6) is 0.770. The van der Waals surface area contributed by atoms with Gasteiger partial charge < -0.3 is 14.2 Å². The molecule has 0 fully saturated rings. The van der Waals surface area contributed by atoms with Gasteiger partial charge in [0.2, 0.25) is 0 Å². The third-order valence-corrected chi connectivity index (χ3v) is 9.97. The van der Waals surface area contributed by atoms with E-state index in [1.54, 1.807) is 0 Å². The Kier molecular flexibility index (Phi) is 37.0. The third kappa shape index (κ3) is 39.5. The largest absolute Gasteiger partial charge is 0.462 e. The molecule has 0 aromatic carbocycles. The number of unbranched alkanes of at least 4 members (excludes halogenated alkanes) is 24. The molecule has 0 aliphatic carbocycles. The molecule has 0 saturated carbocycles. The molecule has 0 spiro atoms. The van der Waals surface area contributed by atoms with E-state index in [0.29, 0.717) is 19.3 Å². The van der Waals surface area contributed by atoms with E-state index in [1.807, 2.05) is 0 Å². The molecule has 6 heteroatoms. The van der Waals surface area contributed by atoms with Crippen molar-refractivity contribution in [1.82, 2.24) is 0 Å². The van der Waals surface area contributed by atoms with Crippen LogP contribution in [0.3, 0.4) is 0 Å². The number of carbonyl (C=O) groups is 3. The lowest BCUT2D eigenvalue weighted by Crippen LogP contribution is -2.30. The van der Waals surface area contributed by atoms with Crippen molar-refractivity contribution >= 4 is 17.9 Å². The molecule has 0 aromatic rings. The SMILES string of the molecule is CCCCCCCCCC(=O)O[C@H](COC(=O)CCCCCCCCCCCCCC(C)C)COC(=O)CCCCCCCCCCCC(C)C. The van der Waals surface area contributed by atoms with Crippen molar-refractivity contribution in [2.75, 3.05) is 13.2 Å². The van der Waals surface area contributed by atoms with Gasteiger partial charge in [0.15, 0.2) is 6.10 Å². The fraction of sp³-hybridized carbons (Fsp3) is 0.933. The van der Waals surface area contributed by atoms with Gasteiger partial charge in [0.25, 0.3) is 0 Å². The van der Waals surface area contributed by atoms with Gasteiger partial charge in [-0.05, 0) is 31.1 Å². The van der Waals surface area contributed by atoms with Crippen LogP contribution in [0.2, 0.25) is 0 Å². The van der Waals surface area contributed by atoms with Crippen molar-refractivity contribution in [1.29, 1.82) is 0 Å². The number of hydrogen-bond acceptors (Lipinski definition) is 6. The molecule has 0 unspecified atom stereocenters. The van der Waals surface area contributed by atoms with E-state index >= 15 is 0 Å². The molecular weight excluding hydrogens is 636 g/mol. The maximum absolute atomic E-state index is 12.6. The Morgan fingerprint density at radius 2 is 0.647 bits per heavy atom. The second-order valence-corrected chi connectivity index (χ2v) is 16.3. The molecule has 0 N–H and O–H groups in total. The molecular formula is C45H86O6. The Balaban J connectivity index is 4.25. The first-order valence-electron chi connectivity index (χ1n) is 22.2. The van der Waals surface area contributed by atoms with Crippen molar-refractivity contribution in [3.05, 3.63) is 0 Å². The average Bonchev–Trinajstić information content (AvgIpc) is 3.09. The number of rotatable bonds is 39. The summed E-state index contributed by atoms with van der Waals surface area (Å²) in [6, 6.07) is 0. The van der Waals surface area contributed by atoms with Crippen LogP contribution >= 0.6 is 0 Å². The maximum atomic E-state index is 12.6. The Hall–Kier alpha value is -1.59. The summed E-state index contributed by atoms with van der Waals surface area (Å²) >= 11 is 0. The highest BCUT2D eigenvalue weighted by atomic mass is 16.6. The minimum atomic E-state index is -0.759. The van der Waals surface area contributed by atoms with Gasteiger partial charge in [0.1, 0.15) is 13.2 Å². The van der Waals surface area contributed by atoms with Gasteiger partial charge in [-0.15, -0.1) is 0 Å². The fourth-order valence-electron chi connectivity index (χ4n) is 6.58. The van der Waals surface area contributed by atoms with Crippen molar-refractivity contribution in [2.45, 2.75) is 246 Å². The predicted octanol–water partition coefficient (Wildman–Crippen LogP) is 13.8. The van der Waals surface area contributed by atoms with Crippen LogP contribution in [-0.4, -0.2) is 37.2 Å². The van der Waals surface area contributed by atoms with Crippen molar-refractivity contribution in [3.8, 4) is 0 Å². The summed E-state index contributed by atoms with van der Waals surface area (Å²) in [4.78, 5) is 37.5. The third-order valence-electron chi connectivity index (χ3n) is 9.97. The number of carbonyl (C=O) groups excluding carboxylic acids is 3. The van der Waals surface area contributed by atoms with Gasteiger partial charge in [-0.2, -0.15) is 0 Å². The zero-order valence-corrected chi connectivity index (χ0v) is 34.7. The summed E-state index contributed by atoms with van der Waals surface area (Å²) in [6.45, 7) is 11.3. The molecule has 0 bridgehead atoms. The topological polar surface area (TPSA) is 78.9 Å². The van der Waals surface area contributed by atoms with Crippen LogP contribution in [0, 0.1) is 11.8 Å². The maximum Gasteiger partial charge on any atom is 0.306 e. The highest BCUT2D eigenvalue weighted by molar-refractivity contribution is 5.71. The van der Waals surface area contributed by atoms with E-state index in [1.165, 1.54) is 128 Å². The molecule has 0 amide bonds. The summed E-state index contributed by atoms with van der Waals surface area (Å²) in [5, 5.41) is 0. The first kappa shape index (κ1) is 49.4. The zero-order valence-electron chi connectivity index (χ0n) is 34.7. The first-order chi connectivity index (χ1) is 24.7. The molecule has 0 heterocycles.